The summed E-state index contributed by atoms with van der Waals surface area (Å²) >= 11 is 7.83. The first-order chi connectivity index (χ1) is 12.0. The Morgan fingerprint density at radius 3 is 2.80 bits per heavy atom. The van der Waals surface area contributed by atoms with Gasteiger partial charge in [-0.25, -0.2) is 9.48 Å². The lowest BCUT2D eigenvalue weighted by Crippen LogP contribution is -2.08. The second kappa shape index (κ2) is 7.58. The number of rotatable bonds is 6. The molecule has 1 aromatic carbocycles. The van der Waals surface area contributed by atoms with Crippen molar-refractivity contribution in [1.82, 2.24) is 20.2 Å². The van der Waals surface area contributed by atoms with E-state index >= 15 is 0 Å². The van der Waals surface area contributed by atoms with E-state index in [1.807, 2.05) is 19.1 Å². The maximum Gasteiger partial charge on any atom is 0.336 e. The molecule has 0 amide bonds. The number of halogens is 1. The standard InChI is InChI=1S/C17H19ClN4O2S/c1-4-11-5-15-13(7-14(11)18)12(6-16(23)24-15)9-25-17-19-20-21-22(17)8-10(2)3/h5-7,10H,4,8-9H2,1-3H3. The zero-order valence-electron chi connectivity index (χ0n) is 14.3. The molecule has 0 N–H and O–H groups in total. The molecular weight excluding hydrogens is 360 g/mol. The van der Waals surface area contributed by atoms with Crippen LogP contribution < -0.4 is 5.63 Å². The van der Waals surface area contributed by atoms with Gasteiger partial charge in [0.25, 0.3) is 0 Å². The Bertz CT molecular complexity index is 951. The second-order valence-corrected chi connectivity index (χ2v) is 7.56. The molecule has 6 nitrogen and oxygen atoms in total. The average molecular weight is 379 g/mol. The molecule has 0 saturated heterocycles. The highest BCUT2D eigenvalue weighted by Crippen LogP contribution is 2.29. The fourth-order valence-corrected chi connectivity index (χ4v) is 3.76. The van der Waals surface area contributed by atoms with Crippen molar-refractivity contribution in [3.63, 3.8) is 0 Å². The van der Waals surface area contributed by atoms with Gasteiger partial charge in [-0.15, -0.1) is 5.10 Å². The van der Waals surface area contributed by atoms with Crippen molar-refractivity contribution in [3.05, 3.63) is 44.8 Å². The van der Waals surface area contributed by atoms with E-state index in [-0.39, 0.29) is 5.63 Å². The van der Waals surface area contributed by atoms with Gasteiger partial charge < -0.3 is 4.42 Å². The Morgan fingerprint density at radius 2 is 2.08 bits per heavy atom. The number of nitrogens with zero attached hydrogens (tertiary/aromatic N) is 4. The molecule has 2 heterocycles. The third kappa shape index (κ3) is 4.04. The van der Waals surface area contributed by atoms with Crippen LogP contribution in [0, 0.1) is 5.92 Å². The van der Waals surface area contributed by atoms with Crippen LogP contribution in [0.4, 0.5) is 0 Å². The molecule has 0 aliphatic carbocycles. The lowest BCUT2D eigenvalue weighted by Gasteiger charge is -2.09. The van der Waals surface area contributed by atoms with E-state index in [1.54, 1.807) is 4.68 Å². The molecule has 2 aromatic heterocycles. The zero-order chi connectivity index (χ0) is 18.0. The third-order valence-electron chi connectivity index (χ3n) is 3.77. The minimum absolute atomic E-state index is 0.366. The second-order valence-electron chi connectivity index (χ2n) is 6.21. The summed E-state index contributed by atoms with van der Waals surface area (Å²) in [4.78, 5) is 11.9. The van der Waals surface area contributed by atoms with Crippen LogP contribution in [0.15, 0.2) is 32.6 Å². The molecule has 132 valence electrons. The minimum atomic E-state index is -0.366. The van der Waals surface area contributed by atoms with Crippen molar-refractivity contribution in [3.8, 4) is 0 Å². The Hall–Kier alpha value is -1.86. The summed E-state index contributed by atoms with van der Waals surface area (Å²) in [5.74, 6) is 1.00. The van der Waals surface area contributed by atoms with Crippen LogP contribution in [-0.2, 0) is 18.7 Å². The number of thioether (sulfide) groups is 1. The molecule has 0 aliphatic rings. The van der Waals surface area contributed by atoms with E-state index in [4.69, 9.17) is 16.0 Å². The van der Waals surface area contributed by atoms with Crippen molar-refractivity contribution in [2.24, 2.45) is 5.92 Å². The first-order valence-electron chi connectivity index (χ1n) is 8.12. The Balaban J connectivity index is 1.92. The summed E-state index contributed by atoms with van der Waals surface area (Å²) in [5.41, 5.74) is 2.02. The first kappa shape index (κ1) is 17.9. The lowest BCUT2D eigenvalue weighted by atomic mass is 10.1. The summed E-state index contributed by atoms with van der Waals surface area (Å²) < 4.78 is 7.13. The number of hydrogen-bond acceptors (Lipinski definition) is 6. The maximum atomic E-state index is 11.9. The summed E-state index contributed by atoms with van der Waals surface area (Å²) in [6, 6.07) is 5.22. The van der Waals surface area contributed by atoms with E-state index in [9.17, 15) is 4.79 Å². The molecule has 0 radical (unpaired) electrons. The van der Waals surface area contributed by atoms with Gasteiger partial charge in [-0.05, 0) is 46.0 Å². The molecular formula is C17H19ClN4O2S. The quantitative estimate of drug-likeness (QED) is 0.477. The predicted octanol–water partition coefficient (Wildman–Crippen LogP) is 3.94. The lowest BCUT2D eigenvalue weighted by molar-refractivity contribution is 0.446. The smallest absolute Gasteiger partial charge is 0.336 e. The van der Waals surface area contributed by atoms with Gasteiger partial charge in [0, 0.05) is 28.8 Å². The average Bonchev–Trinajstić information content (AvgIpc) is 2.99. The molecule has 3 aromatic rings. The topological polar surface area (TPSA) is 73.8 Å². The third-order valence-corrected chi connectivity index (χ3v) is 5.13. The zero-order valence-corrected chi connectivity index (χ0v) is 15.9. The summed E-state index contributed by atoms with van der Waals surface area (Å²) in [6.07, 6.45) is 0.779. The van der Waals surface area contributed by atoms with Gasteiger partial charge in [-0.3, -0.25) is 0 Å². The van der Waals surface area contributed by atoms with Gasteiger partial charge in [-0.1, -0.05) is 44.1 Å². The Labute approximate surface area is 154 Å². The minimum Gasteiger partial charge on any atom is -0.423 e. The van der Waals surface area contributed by atoms with Crippen molar-refractivity contribution >= 4 is 34.3 Å². The summed E-state index contributed by atoms with van der Waals surface area (Å²) in [5, 5.41) is 14.1. The Kier molecular flexibility index (Phi) is 5.44. The van der Waals surface area contributed by atoms with Crippen LogP contribution in [0.2, 0.25) is 5.02 Å². The normalized spacial score (nSPS) is 11.6. The highest BCUT2D eigenvalue weighted by atomic mass is 35.5. The number of benzene rings is 1. The van der Waals surface area contributed by atoms with Gasteiger partial charge in [0.1, 0.15) is 5.58 Å². The molecule has 0 aliphatic heterocycles. The van der Waals surface area contributed by atoms with E-state index in [1.165, 1.54) is 17.8 Å². The summed E-state index contributed by atoms with van der Waals surface area (Å²) in [6.45, 7) is 6.98. The molecule has 0 unspecified atom stereocenters. The molecule has 8 heteroatoms. The van der Waals surface area contributed by atoms with Crippen LogP contribution in [0.5, 0.6) is 0 Å². The van der Waals surface area contributed by atoms with Gasteiger partial charge >= 0.3 is 5.63 Å². The van der Waals surface area contributed by atoms with Crippen molar-refractivity contribution in [1.29, 1.82) is 0 Å². The van der Waals surface area contributed by atoms with Crippen LogP contribution in [0.25, 0.3) is 11.0 Å². The van der Waals surface area contributed by atoms with Crippen LogP contribution >= 0.6 is 23.4 Å². The Morgan fingerprint density at radius 1 is 1.28 bits per heavy atom. The first-order valence-corrected chi connectivity index (χ1v) is 9.48. The number of aryl methyl sites for hydroxylation is 1. The number of tetrazole rings is 1. The largest absolute Gasteiger partial charge is 0.423 e. The molecule has 3 rings (SSSR count). The molecule has 0 spiro atoms. The van der Waals surface area contributed by atoms with Crippen molar-refractivity contribution < 1.29 is 4.42 Å². The van der Waals surface area contributed by atoms with Crippen molar-refractivity contribution in [2.75, 3.05) is 0 Å². The SMILES string of the molecule is CCc1cc2oc(=O)cc(CSc3nnnn3CC(C)C)c2cc1Cl. The van der Waals surface area contributed by atoms with E-state index in [2.05, 4.69) is 29.4 Å². The molecule has 0 saturated carbocycles. The number of hydrogen-bond donors (Lipinski definition) is 0. The predicted molar refractivity (Wildman–Crippen MR) is 99.1 cm³/mol. The molecule has 0 atom stereocenters. The monoisotopic (exact) mass is 378 g/mol. The summed E-state index contributed by atoms with van der Waals surface area (Å²) in [7, 11) is 0. The number of aromatic nitrogens is 4. The highest BCUT2D eigenvalue weighted by molar-refractivity contribution is 7.98. The van der Waals surface area contributed by atoms with Gasteiger partial charge in [0.15, 0.2) is 0 Å². The van der Waals surface area contributed by atoms with Gasteiger partial charge in [-0.2, -0.15) is 0 Å². The fourth-order valence-electron chi connectivity index (χ4n) is 2.58. The van der Waals surface area contributed by atoms with E-state index in [0.717, 1.165) is 34.6 Å². The highest BCUT2D eigenvalue weighted by Gasteiger charge is 2.13. The van der Waals surface area contributed by atoms with Crippen LogP contribution in [-0.4, -0.2) is 20.2 Å². The molecule has 25 heavy (non-hydrogen) atoms. The van der Waals surface area contributed by atoms with Crippen molar-refractivity contribution in [2.45, 2.75) is 44.6 Å². The maximum absolute atomic E-state index is 11.9. The van der Waals surface area contributed by atoms with Crippen LogP contribution in [0.3, 0.4) is 0 Å². The van der Waals surface area contributed by atoms with E-state index < -0.39 is 0 Å². The fraction of sp³-hybridized carbons (Fsp3) is 0.412. The molecule has 0 fully saturated rings. The van der Waals surface area contributed by atoms with E-state index in [0.29, 0.717) is 22.3 Å². The van der Waals surface area contributed by atoms with Gasteiger partial charge in [0.05, 0.1) is 0 Å². The van der Waals surface area contributed by atoms with Crippen LogP contribution in [0.1, 0.15) is 31.9 Å². The van der Waals surface area contributed by atoms with Gasteiger partial charge in [0.2, 0.25) is 5.16 Å². The molecule has 0 bridgehead atoms. The number of fused-ring (bicyclic) bond motifs is 1.